The lowest BCUT2D eigenvalue weighted by atomic mass is 10.0. The Morgan fingerprint density at radius 2 is 1.80 bits per heavy atom. The molecule has 0 unspecified atom stereocenters. The summed E-state index contributed by atoms with van der Waals surface area (Å²) in [5.74, 6) is -0.0640. The molecule has 0 radical (unpaired) electrons. The van der Waals surface area contributed by atoms with E-state index in [4.69, 9.17) is 0 Å². The minimum absolute atomic E-state index is 0.0640. The molecule has 0 aliphatic carbocycles. The van der Waals surface area contributed by atoms with Crippen LogP contribution in [0, 0.1) is 13.8 Å². The third-order valence-electron chi connectivity index (χ3n) is 3.60. The summed E-state index contributed by atoms with van der Waals surface area (Å²) in [6, 6.07) is 1.82. The normalized spacial score (nSPS) is 10.8. The Hall–Kier alpha value is -2.37. The molecule has 106 valence electrons. The predicted octanol–water partition coefficient (Wildman–Crippen LogP) is 0.812. The molecule has 0 bridgehead atoms. The van der Waals surface area contributed by atoms with Gasteiger partial charge in [-0.15, -0.1) is 0 Å². The lowest BCUT2D eigenvalue weighted by Crippen LogP contribution is -2.30. The van der Waals surface area contributed by atoms with E-state index in [0.29, 0.717) is 17.6 Å². The molecular weight excluding hydrogens is 258 g/mol. The third-order valence-corrected chi connectivity index (χ3v) is 3.60. The zero-order valence-corrected chi connectivity index (χ0v) is 12.0. The fraction of sp³-hybridized carbons (Fsp3) is 0.357. The lowest BCUT2D eigenvalue weighted by Gasteiger charge is -2.19. The van der Waals surface area contributed by atoms with Gasteiger partial charge < -0.3 is 14.9 Å². The van der Waals surface area contributed by atoms with Gasteiger partial charge in [0.2, 0.25) is 5.91 Å². The second kappa shape index (κ2) is 4.96. The maximum Gasteiger partial charge on any atom is 0.314 e. The summed E-state index contributed by atoms with van der Waals surface area (Å²) < 4.78 is 0. The first kappa shape index (κ1) is 14.0. The average molecular weight is 275 g/mol. The van der Waals surface area contributed by atoms with Crippen molar-refractivity contribution >= 4 is 16.9 Å². The quantitative estimate of drug-likeness (QED) is 0.795. The van der Waals surface area contributed by atoms with Crippen LogP contribution in [0.5, 0.6) is 0 Å². The van der Waals surface area contributed by atoms with Crippen molar-refractivity contribution in [3.63, 3.8) is 0 Å². The van der Waals surface area contributed by atoms with Crippen LogP contribution in [0.2, 0.25) is 0 Å². The first-order valence-corrected chi connectivity index (χ1v) is 6.28. The molecule has 20 heavy (non-hydrogen) atoms. The average Bonchev–Trinajstić information content (AvgIpc) is 2.37. The predicted molar refractivity (Wildman–Crippen MR) is 76.8 cm³/mol. The van der Waals surface area contributed by atoms with Crippen molar-refractivity contribution in [3.8, 4) is 0 Å². The van der Waals surface area contributed by atoms with Gasteiger partial charge in [-0.25, -0.2) is 0 Å². The van der Waals surface area contributed by atoms with Crippen LogP contribution in [-0.4, -0.2) is 27.8 Å². The van der Waals surface area contributed by atoms with Crippen LogP contribution < -0.4 is 11.1 Å². The second-order valence-electron chi connectivity index (χ2n) is 5.00. The standard InChI is InChI=1S/C14H17N3O3/c1-7-5-11-12(16-14(20)13(19)15-11)10(8(7)2)6-17(4)9(3)18/h5H,6H2,1-4H3,(H,15,19)(H,16,20). The number of hydrogen-bond donors (Lipinski definition) is 2. The van der Waals surface area contributed by atoms with Crippen LogP contribution in [-0.2, 0) is 11.3 Å². The highest BCUT2D eigenvalue weighted by molar-refractivity contribution is 5.81. The molecule has 0 aliphatic rings. The highest BCUT2D eigenvalue weighted by Crippen LogP contribution is 2.22. The molecule has 1 amide bonds. The lowest BCUT2D eigenvalue weighted by molar-refractivity contribution is -0.128. The van der Waals surface area contributed by atoms with Gasteiger partial charge in [0.1, 0.15) is 0 Å². The minimum atomic E-state index is -0.688. The van der Waals surface area contributed by atoms with Crippen molar-refractivity contribution in [2.75, 3.05) is 7.05 Å². The van der Waals surface area contributed by atoms with Gasteiger partial charge in [0, 0.05) is 26.1 Å². The van der Waals surface area contributed by atoms with Gasteiger partial charge in [0.05, 0.1) is 11.0 Å². The Morgan fingerprint density at radius 1 is 1.20 bits per heavy atom. The smallest absolute Gasteiger partial charge is 0.314 e. The number of rotatable bonds is 2. The number of amides is 1. The molecule has 0 spiro atoms. The molecule has 6 nitrogen and oxygen atoms in total. The highest BCUT2D eigenvalue weighted by Gasteiger charge is 2.13. The number of aryl methyl sites for hydroxylation is 1. The van der Waals surface area contributed by atoms with Gasteiger partial charge in [0.25, 0.3) is 0 Å². The summed E-state index contributed by atoms with van der Waals surface area (Å²) in [7, 11) is 1.69. The Morgan fingerprint density at radius 3 is 2.40 bits per heavy atom. The summed E-state index contributed by atoms with van der Waals surface area (Å²) >= 11 is 0. The highest BCUT2D eigenvalue weighted by atomic mass is 16.2. The second-order valence-corrected chi connectivity index (χ2v) is 5.00. The van der Waals surface area contributed by atoms with Crippen molar-refractivity contribution in [2.45, 2.75) is 27.3 Å². The summed E-state index contributed by atoms with van der Waals surface area (Å²) in [5, 5.41) is 0. The van der Waals surface area contributed by atoms with Crippen LogP contribution in [0.4, 0.5) is 0 Å². The number of aromatic nitrogens is 2. The molecule has 1 aromatic heterocycles. The van der Waals surface area contributed by atoms with Crippen LogP contribution in [0.25, 0.3) is 11.0 Å². The summed E-state index contributed by atoms with van der Waals surface area (Å²) in [5.41, 5.74) is 2.61. The first-order valence-electron chi connectivity index (χ1n) is 6.28. The molecule has 0 atom stereocenters. The van der Waals surface area contributed by atoms with E-state index in [1.807, 2.05) is 19.9 Å². The van der Waals surface area contributed by atoms with Crippen LogP contribution in [0.15, 0.2) is 15.7 Å². The van der Waals surface area contributed by atoms with E-state index in [1.165, 1.54) is 6.92 Å². The largest absolute Gasteiger partial charge is 0.342 e. The maximum absolute atomic E-state index is 11.5. The molecule has 6 heteroatoms. The Kier molecular flexibility index (Phi) is 3.48. The summed E-state index contributed by atoms with van der Waals surface area (Å²) in [6.07, 6.45) is 0. The van der Waals surface area contributed by atoms with Crippen LogP contribution in [0.1, 0.15) is 23.6 Å². The number of carbonyl (C=O) groups is 1. The monoisotopic (exact) mass is 275 g/mol. The number of H-pyrrole nitrogens is 2. The van der Waals surface area contributed by atoms with Gasteiger partial charge in [-0.2, -0.15) is 0 Å². The van der Waals surface area contributed by atoms with E-state index in [-0.39, 0.29) is 5.91 Å². The molecule has 0 aliphatic heterocycles. The third kappa shape index (κ3) is 2.36. The topological polar surface area (TPSA) is 86.0 Å². The van der Waals surface area contributed by atoms with Crippen LogP contribution >= 0.6 is 0 Å². The SMILES string of the molecule is CC(=O)N(C)Cc1c(C)c(C)cc2[nH]c(=O)c(=O)[nH]c12. The van der Waals surface area contributed by atoms with Gasteiger partial charge >= 0.3 is 11.1 Å². The number of carbonyl (C=O) groups excluding carboxylic acids is 1. The molecule has 2 aromatic rings. The van der Waals surface area contributed by atoms with Crippen molar-refractivity contribution in [1.29, 1.82) is 0 Å². The van der Waals surface area contributed by atoms with Gasteiger partial charge in [-0.1, -0.05) is 0 Å². The molecule has 2 rings (SSSR count). The minimum Gasteiger partial charge on any atom is -0.342 e. The molecule has 0 fully saturated rings. The van der Waals surface area contributed by atoms with Gasteiger partial charge in [-0.05, 0) is 31.0 Å². The fourth-order valence-electron chi connectivity index (χ4n) is 2.12. The van der Waals surface area contributed by atoms with E-state index in [2.05, 4.69) is 9.97 Å². The van der Waals surface area contributed by atoms with Crippen molar-refractivity contribution in [3.05, 3.63) is 43.5 Å². The molecule has 1 heterocycles. The molecule has 0 saturated heterocycles. The van der Waals surface area contributed by atoms with E-state index in [0.717, 1.165) is 16.7 Å². The zero-order valence-electron chi connectivity index (χ0n) is 12.0. The number of nitrogens with one attached hydrogen (secondary N) is 2. The van der Waals surface area contributed by atoms with Gasteiger partial charge in [0.15, 0.2) is 0 Å². The van der Waals surface area contributed by atoms with Crippen molar-refractivity contribution in [2.24, 2.45) is 0 Å². The number of aromatic amines is 2. The van der Waals surface area contributed by atoms with E-state index >= 15 is 0 Å². The molecule has 1 aromatic carbocycles. The molecule has 0 saturated carbocycles. The Balaban J connectivity index is 2.76. The number of benzene rings is 1. The zero-order chi connectivity index (χ0) is 15.0. The van der Waals surface area contributed by atoms with Crippen molar-refractivity contribution in [1.82, 2.24) is 14.9 Å². The van der Waals surface area contributed by atoms with E-state index in [9.17, 15) is 14.4 Å². The molecule has 2 N–H and O–H groups in total. The Bertz CT molecular complexity index is 802. The summed E-state index contributed by atoms with van der Waals surface area (Å²) in [6.45, 7) is 5.72. The first-order chi connectivity index (χ1) is 9.31. The van der Waals surface area contributed by atoms with Crippen molar-refractivity contribution < 1.29 is 4.79 Å². The number of hydrogen-bond acceptors (Lipinski definition) is 3. The van der Waals surface area contributed by atoms with Gasteiger partial charge in [-0.3, -0.25) is 14.4 Å². The Labute approximate surface area is 115 Å². The summed E-state index contributed by atoms with van der Waals surface area (Å²) in [4.78, 5) is 41.1. The molecular formula is C14H17N3O3. The fourth-order valence-corrected chi connectivity index (χ4v) is 2.12. The number of nitrogens with zero attached hydrogens (tertiary/aromatic N) is 1. The maximum atomic E-state index is 11.5. The van der Waals surface area contributed by atoms with Crippen LogP contribution in [0.3, 0.4) is 0 Å². The number of fused-ring (bicyclic) bond motifs is 1. The van der Waals surface area contributed by atoms with E-state index < -0.39 is 11.1 Å². The van der Waals surface area contributed by atoms with E-state index in [1.54, 1.807) is 11.9 Å².